The summed E-state index contributed by atoms with van der Waals surface area (Å²) in [4.78, 5) is 12.5. The van der Waals surface area contributed by atoms with Crippen molar-refractivity contribution in [1.82, 2.24) is 5.32 Å². The highest BCUT2D eigenvalue weighted by molar-refractivity contribution is 5.77. The largest absolute Gasteiger partial charge is 0.384 e. The van der Waals surface area contributed by atoms with Crippen LogP contribution in [0, 0.1) is 17.8 Å². The zero-order chi connectivity index (χ0) is 15.8. The highest BCUT2D eigenvalue weighted by atomic mass is 16.5. The van der Waals surface area contributed by atoms with Crippen LogP contribution in [-0.4, -0.2) is 38.4 Å². The normalized spacial score (nSPS) is 32.2. The van der Waals surface area contributed by atoms with Gasteiger partial charge in [0.25, 0.3) is 0 Å². The zero-order valence-corrected chi connectivity index (χ0v) is 13.7. The van der Waals surface area contributed by atoms with Crippen LogP contribution in [0.5, 0.6) is 0 Å². The molecule has 0 radical (unpaired) electrons. The minimum atomic E-state index is 0.194. The van der Waals surface area contributed by atoms with E-state index in [2.05, 4.69) is 29.6 Å². The van der Waals surface area contributed by atoms with Crippen LogP contribution in [0.1, 0.15) is 24.0 Å². The van der Waals surface area contributed by atoms with E-state index in [-0.39, 0.29) is 18.1 Å². The molecule has 2 aliphatic carbocycles. The van der Waals surface area contributed by atoms with Gasteiger partial charge in [-0.2, -0.15) is 0 Å². The maximum absolute atomic E-state index is 12.5. The van der Waals surface area contributed by atoms with Crippen LogP contribution >= 0.6 is 0 Å². The number of rotatable bonds is 5. The number of benzene rings is 1. The van der Waals surface area contributed by atoms with E-state index in [4.69, 9.17) is 9.47 Å². The number of nitrogens with one attached hydrogen (secondary N) is 1. The Morgan fingerprint density at radius 3 is 2.74 bits per heavy atom. The van der Waals surface area contributed by atoms with Gasteiger partial charge in [0.2, 0.25) is 5.91 Å². The minimum absolute atomic E-state index is 0.194. The molecule has 4 atom stereocenters. The van der Waals surface area contributed by atoms with E-state index in [9.17, 15) is 4.79 Å². The SMILES string of the molecule is COC[C@@H]1[C@H](NC(=O)CC2Cc3ccccc3C2)[C@@H]2CCO[C@H]12. The van der Waals surface area contributed by atoms with Crippen LogP contribution in [0.15, 0.2) is 24.3 Å². The van der Waals surface area contributed by atoms with Crippen molar-refractivity contribution < 1.29 is 14.3 Å². The van der Waals surface area contributed by atoms with Crippen molar-refractivity contribution in [2.24, 2.45) is 17.8 Å². The number of hydrogen-bond donors (Lipinski definition) is 1. The molecule has 23 heavy (non-hydrogen) atoms. The van der Waals surface area contributed by atoms with Gasteiger partial charge in [-0.1, -0.05) is 24.3 Å². The standard InChI is InChI=1S/C19H25NO3/c1-22-11-16-18(15-6-7-23-19(15)16)20-17(21)10-12-8-13-4-2-3-5-14(13)9-12/h2-5,12,15-16,18-19H,6-11H2,1H3,(H,20,21)/t15-,16+,18+,19-/m0/s1. The molecule has 0 aromatic heterocycles. The van der Waals surface area contributed by atoms with E-state index in [0.717, 1.165) is 25.9 Å². The number of ether oxygens (including phenoxy) is 2. The maximum Gasteiger partial charge on any atom is 0.220 e. The van der Waals surface area contributed by atoms with E-state index in [1.165, 1.54) is 11.1 Å². The van der Waals surface area contributed by atoms with E-state index >= 15 is 0 Å². The van der Waals surface area contributed by atoms with Gasteiger partial charge in [-0.15, -0.1) is 0 Å². The Kier molecular flexibility index (Phi) is 4.12. The van der Waals surface area contributed by atoms with Gasteiger partial charge in [0, 0.05) is 38.0 Å². The predicted molar refractivity (Wildman–Crippen MR) is 87.1 cm³/mol. The summed E-state index contributed by atoms with van der Waals surface area (Å²) in [6.45, 7) is 1.49. The highest BCUT2D eigenvalue weighted by Gasteiger charge is 2.54. The van der Waals surface area contributed by atoms with Crippen molar-refractivity contribution in [3.8, 4) is 0 Å². The highest BCUT2D eigenvalue weighted by Crippen LogP contribution is 2.43. The van der Waals surface area contributed by atoms with Gasteiger partial charge >= 0.3 is 0 Å². The molecule has 1 saturated heterocycles. The second-order valence-electron chi connectivity index (χ2n) is 7.25. The number of carbonyl (C=O) groups excluding carboxylic acids is 1. The summed E-state index contributed by atoms with van der Waals surface area (Å²) in [5, 5.41) is 3.28. The Labute approximate surface area is 137 Å². The summed E-state index contributed by atoms with van der Waals surface area (Å²) >= 11 is 0. The third kappa shape index (κ3) is 2.79. The average Bonchev–Trinajstić information content (AvgIpc) is 3.14. The Morgan fingerprint density at radius 1 is 1.30 bits per heavy atom. The fraction of sp³-hybridized carbons (Fsp3) is 0.632. The predicted octanol–water partition coefficient (Wildman–Crippen LogP) is 1.96. The van der Waals surface area contributed by atoms with Gasteiger partial charge in [0.15, 0.2) is 0 Å². The number of methoxy groups -OCH3 is 1. The van der Waals surface area contributed by atoms with E-state index < -0.39 is 0 Å². The third-order valence-corrected chi connectivity index (χ3v) is 5.82. The number of hydrogen-bond acceptors (Lipinski definition) is 3. The fourth-order valence-corrected chi connectivity index (χ4v) is 4.74. The average molecular weight is 315 g/mol. The summed E-state index contributed by atoms with van der Waals surface area (Å²) in [7, 11) is 1.72. The molecule has 4 nitrogen and oxygen atoms in total. The topological polar surface area (TPSA) is 47.6 Å². The lowest BCUT2D eigenvalue weighted by atomic mass is 9.67. The molecule has 1 N–H and O–H groups in total. The summed E-state index contributed by atoms with van der Waals surface area (Å²) < 4.78 is 11.1. The van der Waals surface area contributed by atoms with E-state index in [1.807, 2.05) is 0 Å². The second-order valence-corrected chi connectivity index (χ2v) is 7.25. The maximum atomic E-state index is 12.5. The quantitative estimate of drug-likeness (QED) is 0.903. The molecular weight excluding hydrogens is 290 g/mol. The van der Waals surface area contributed by atoms with Crippen molar-refractivity contribution in [1.29, 1.82) is 0 Å². The molecule has 4 heteroatoms. The summed E-state index contributed by atoms with van der Waals surface area (Å²) in [5.41, 5.74) is 2.82. The van der Waals surface area contributed by atoms with Gasteiger partial charge in [-0.25, -0.2) is 0 Å². The molecule has 1 aromatic carbocycles. The molecule has 0 spiro atoms. The van der Waals surface area contributed by atoms with Crippen LogP contribution in [0.25, 0.3) is 0 Å². The van der Waals surface area contributed by atoms with Gasteiger partial charge in [-0.3, -0.25) is 4.79 Å². The molecule has 0 bridgehead atoms. The number of carbonyl (C=O) groups is 1. The molecule has 1 aromatic rings. The molecular formula is C19H25NO3. The molecule has 124 valence electrons. The second kappa shape index (κ2) is 6.25. The van der Waals surface area contributed by atoms with Crippen LogP contribution in [0.2, 0.25) is 0 Å². The van der Waals surface area contributed by atoms with Crippen LogP contribution in [0.4, 0.5) is 0 Å². The van der Waals surface area contributed by atoms with Crippen molar-refractivity contribution >= 4 is 5.91 Å². The summed E-state index contributed by atoms with van der Waals surface area (Å²) in [6.07, 6.45) is 4.04. The van der Waals surface area contributed by atoms with Crippen molar-refractivity contribution in [3.63, 3.8) is 0 Å². The number of fused-ring (bicyclic) bond motifs is 2. The molecule has 1 heterocycles. The van der Waals surface area contributed by atoms with Crippen molar-refractivity contribution in [3.05, 3.63) is 35.4 Å². The van der Waals surface area contributed by atoms with Gasteiger partial charge in [-0.05, 0) is 36.3 Å². The Hall–Kier alpha value is -1.39. The first-order chi connectivity index (χ1) is 11.3. The Balaban J connectivity index is 1.32. The van der Waals surface area contributed by atoms with Crippen molar-refractivity contribution in [2.75, 3.05) is 20.3 Å². The first-order valence-electron chi connectivity index (χ1n) is 8.73. The minimum Gasteiger partial charge on any atom is -0.384 e. The molecule has 2 fully saturated rings. The molecule has 1 aliphatic heterocycles. The van der Waals surface area contributed by atoms with Crippen LogP contribution < -0.4 is 5.32 Å². The first kappa shape index (κ1) is 15.2. The van der Waals surface area contributed by atoms with Gasteiger partial charge in [0.05, 0.1) is 12.7 Å². The summed E-state index contributed by atoms with van der Waals surface area (Å²) in [6, 6.07) is 8.79. The Bertz CT molecular complexity index is 563. The van der Waals surface area contributed by atoms with Crippen LogP contribution in [0.3, 0.4) is 0 Å². The molecule has 3 aliphatic rings. The third-order valence-electron chi connectivity index (χ3n) is 5.82. The lowest BCUT2D eigenvalue weighted by molar-refractivity contribution is -0.130. The lowest BCUT2D eigenvalue weighted by Crippen LogP contribution is -2.62. The summed E-state index contributed by atoms with van der Waals surface area (Å²) in [5.74, 6) is 1.44. The lowest BCUT2D eigenvalue weighted by Gasteiger charge is -2.47. The van der Waals surface area contributed by atoms with Crippen molar-refractivity contribution in [2.45, 2.75) is 37.8 Å². The van der Waals surface area contributed by atoms with E-state index in [1.54, 1.807) is 7.11 Å². The smallest absolute Gasteiger partial charge is 0.220 e. The monoisotopic (exact) mass is 315 g/mol. The Morgan fingerprint density at radius 2 is 2.04 bits per heavy atom. The number of amides is 1. The van der Waals surface area contributed by atoms with Crippen LogP contribution in [-0.2, 0) is 27.1 Å². The zero-order valence-electron chi connectivity index (χ0n) is 13.7. The van der Waals surface area contributed by atoms with E-state index in [0.29, 0.717) is 30.8 Å². The molecule has 0 unspecified atom stereocenters. The first-order valence-corrected chi connectivity index (χ1v) is 8.73. The molecule has 4 rings (SSSR count). The molecule has 1 amide bonds. The fourth-order valence-electron chi connectivity index (χ4n) is 4.74. The van der Waals surface area contributed by atoms with Gasteiger partial charge in [0.1, 0.15) is 0 Å². The van der Waals surface area contributed by atoms with Gasteiger partial charge < -0.3 is 14.8 Å². The molecule has 1 saturated carbocycles.